The molecule has 1 heterocycles. The molecule has 0 unspecified atom stereocenters. The molecule has 0 aliphatic rings. The van der Waals surface area contributed by atoms with E-state index in [0.29, 0.717) is 18.7 Å². The van der Waals surface area contributed by atoms with Gasteiger partial charge in [0.25, 0.3) is 0 Å². The van der Waals surface area contributed by atoms with E-state index in [9.17, 15) is 9.59 Å². The molecule has 7 nitrogen and oxygen atoms in total. The summed E-state index contributed by atoms with van der Waals surface area (Å²) in [7, 11) is 1.59. The van der Waals surface area contributed by atoms with Crippen LogP contribution in [-0.2, 0) is 24.9 Å². The monoisotopic (exact) mass is 313 g/mol. The Morgan fingerprint density at radius 3 is 2.57 bits per heavy atom. The number of aromatic nitrogens is 3. The minimum absolute atomic E-state index is 0.0735. The molecule has 23 heavy (non-hydrogen) atoms. The van der Waals surface area contributed by atoms with Gasteiger partial charge in [0.05, 0.1) is 11.6 Å². The summed E-state index contributed by atoms with van der Waals surface area (Å²) in [4.78, 5) is 25.9. The highest BCUT2D eigenvalue weighted by Crippen LogP contribution is 2.08. The molecular weight excluding hydrogens is 294 g/mol. The Hall–Kier alpha value is -2.88. The number of aryl methyl sites for hydroxylation is 1. The molecule has 0 fully saturated rings. The predicted octanol–water partition coefficient (Wildman–Crippen LogP) is 0.892. The van der Waals surface area contributed by atoms with Gasteiger partial charge in [0.1, 0.15) is 12.9 Å². The first kappa shape index (κ1) is 16.5. The fourth-order valence-electron chi connectivity index (χ4n) is 2.22. The molecule has 1 amide bonds. The molecule has 0 atom stereocenters. The molecule has 0 aliphatic heterocycles. The van der Waals surface area contributed by atoms with Crippen LogP contribution in [0.4, 0.5) is 0 Å². The summed E-state index contributed by atoms with van der Waals surface area (Å²) < 4.78 is 2.49. The minimum atomic E-state index is -0.312. The SMILES string of the molecule is CCCN(Cc1ccc(C#N)cc1)C(=O)Cn1ncn(C)c1=O. The van der Waals surface area contributed by atoms with Crippen LogP contribution in [0.3, 0.4) is 0 Å². The molecule has 0 radical (unpaired) electrons. The molecule has 0 bridgehead atoms. The second kappa shape index (κ2) is 7.40. The first-order valence-electron chi connectivity index (χ1n) is 7.40. The van der Waals surface area contributed by atoms with E-state index in [4.69, 9.17) is 5.26 Å². The molecule has 7 heteroatoms. The van der Waals surface area contributed by atoms with Crippen molar-refractivity contribution >= 4 is 5.91 Å². The maximum Gasteiger partial charge on any atom is 0.345 e. The summed E-state index contributed by atoms with van der Waals surface area (Å²) >= 11 is 0. The van der Waals surface area contributed by atoms with Crippen molar-refractivity contribution in [2.45, 2.75) is 26.4 Å². The highest BCUT2D eigenvalue weighted by molar-refractivity contribution is 5.75. The van der Waals surface area contributed by atoms with Gasteiger partial charge in [-0.1, -0.05) is 19.1 Å². The Balaban J connectivity index is 2.10. The second-order valence-corrected chi connectivity index (χ2v) is 5.31. The number of nitriles is 1. The second-order valence-electron chi connectivity index (χ2n) is 5.31. The lowest BCUT2D eigenvalue weighted by molar-refractivity contribution is -0.132. The van der Waals surface area contributed by atoms with Gasteiger partial charge in [-0.25, -0.2) is 9.48 Å². The van der Waals surface area contributed by atoms with E-state index in [1.807, 2.05) is 19.1 Å². The third kappa shape index (κ3) is 4.07. The van der Waals surface area contributed by atoms with Gasteiger partial charge in [-0.05, 0) is 24.1 Å². The number of rotatable bonds is 6. The normalized spacial score (nSPS) is 10.3. The number of nitrogens with zero attached hydrogens (tertiary/aromatic N) is 5. The quantitative estimate of drug-likeness (QED) is 0.793. The van der Waals surface area contributed by atoms with Crippen molar-refractivity contribution in [3.63, 3.8) is 0 Å². The molecule has 0 saturated heterocycles. The summed E-state index contributed by atoms with van der Waals surface area (Å²) in [5.41, 5.74) is 1.22. The lowest BCUT2D eigenvalue weighted by Gasteiger charge is -2.22. The number of carbonyl (C=O) groups is 1. The van der Waals surface area contributed by atoms with Crippen LogP contribution in [0.15, 0.2) is 35.4 Å². The topological polar surface area (TPSA) is 83.9 Å². The minimum Gasteiger partial charge on any atom is -0.337 e. The number of hydrogen-bond acceptors (Lipinski definition) is 4. The molecule has 0 aliphatic carbocycles. The van der Waals surface area contributed by atoms with Crippen LogP contribution in [-0.4, -0.2) is 31.7 Å². The van der Waals surface area contributed by atoms with Gasteiger partial charge in [-0.2, -0.15) is 10.4 Å². The third-order valence-electron chi connectivity index (χ3n) is 3.47. The Morgan fingerprint density at radius 1 is 1.35 bits per heavy atom. The Labute approximate surface area is 134 Å². The zero-order valence-corrected chi connectivity index (χ0v) is 13.3. The Bertz CT molecular complexity index is 767. The van der Waals surface area contributed by atoms with Gasteiger partial charge in [0.2, 0.25) is 5.91 Å². The molecule has 1 aromatic heterocycles. The average Bonchev–Trinajstić information content (AvgIpc) is 2.87. The maximum absolute atomic E-state index is 12.5. The molecule has 1 aromatic carbocycles. The summed E-state index contributed by atoms with van der Waals surface area (Å²) in [5, 5.41) is 12.7. The summed E-state index contributed by atoms with van der Waals surface area (Å²) in [5.74, 6) is -0.156. The van der Waals surface area contributed by atoms with Gasteiger partial charge in [-0.3, -0.25) is 9.36 Å². The van der Waals surface area contributed by atoms with Crippen molar-refractivity contribution in [3.8, 4) is 6.07 Å². The summed E-state index contributed by atoms with van der Waals surface area (Å²) in [6.45, 7) is 2.96. The maximum atomic E-state index is 12.5. The molecule has 120 valence electrons. The van der Waals surface area contributed by atoms with Gasteiger partial charge < -0.3 is 4.90 Å². The van der Waals surface area contributed by atoms with E-state index in [2.05, 4.69) is 11.2 Å². The highest BCUT2D eigenvalue weighted by atomic mass is 16.2. The molecule has 2 rings (SSSR count). The van der Waals surface area contributed by atoms with E-state index in [0.717, 1.165) is 16.7 Å². The molecule has 0 N–H and O–H groups in total. The zero-order chi connectivity index (χ0) is 16.8. The van der Waals surface area contributed by atoms with Gasteiger partial charge in [-0.15, -0.1) is 0 Å². The Kier molecular flexibility index (Phi) is 5.31. The number of amides is 1. The molecular formula is C16H19N5O2. The van der Waals surface area contributed by atoms with Crippen LogP contribution in [0.2, 0.25) is 0 Å². The van der Waals surface area contributed by atoms with E-state index in [-0.39, 0.29) is 18.1 Å². The van der Waals surface area contributed by atoms with Crippen LogP contribution in [0, 0.1) is 11.3 Å². The number of hydrogen-bond donors (Lipinski definition) is 0. The van der Waals surface area contributed by atoms with E-state index in [1.165, 1.54) is 10.9 Å². The smallest absolute Gasteiger partial charge is 0.337 e. The Morgan fingerprint density at radius 2 is 2.04 bits per heavy atom. The average molecular weight is 313 g/mol. The van der Waals surface area contributed by atoms with Crippen molar-refractivity contribution in [1.29, 1.82) is 5.26 Å². The standard InChI is InChI=1S/C16H19N5O2/c1-3-8-20(10-14-6-4-13(9-17)5-7-14)15(22)11-21-16(23)19(2)12-18-21/h4-7,12H,3,8,10-11H2,1-2H3. The van der Waals surface area contributed by atoms with Crippen molar-refractivity contribution in [2.75, 3.05) is 6.54 Å². The molecule has 0 saturated carbocycles. The molecule has 0 spiro atoms. The van der Waals surface area contributed by atoms with Crippen LogP contribution in [0.5, 0.6) is 0 Å². The highest BCUT2D eigenvalue weighted by Gasteiger charge is 2.16. The first-order chi connectivity index (χ1) is 11.0. The van der Waals surface area contributed by atoms with Crippen molar-refractivity contribution in [3.05, 3.63) is 52.2 Å². The van der Waals surface area contributed by atoms with Crippen molar-refractivity contribution in [2.24, 2.45) is 7.05 Å². The van der Waals surface area contributed by atoms with Gasteiger partial charge >= 0.3 is 5.69 Å². The van der Waals surface area contributed by atoms with Gasteiger partial charge in [0, 0.05) is 20.1 Å². The van der Waals surface area contributed by atoms with Crippen molar-refractivity contribution < 1.29 is 4.79 Å². The predicted molar refractivity (Wildman–Crippen MR) is 84.3 cm³/mol. The van der Waals surface area contributed by atoms with E-state index in [1.54, 1.807) is 24.1 Å². The lowest BCUT2D eigenvalue weighted by atomic mass is 10.1. The van der Waals surface area contributed by atoms with Crippen LogP contribution in [0.25, 0.3) is 0 Å². The largest absolute Gasteiger partial charge is 0.345 e. The van der Waals surface area contributed by atoms with Crippen molar-refractivity contribution in [1.82, 2.24) is 19.2 Å². The van der Waals surface area contributed by atoms with Crippen LogP contribution < -0.4 is 5.69 Å². The summed E-state index contributed by atoms with van der Waals surface area (Å²) in [6, 6.07) is 9.20. The lowest BCUT2D eigenvalue weighted by Crippen LogP contribution is -2.37. The zero-order valence-electron chi connectivity index (χ0n) is 13.3. The fourth-order valence-corrected chi connectivity index (χ4v) is 2.22. The number of benzene rings is 1. The first-order valence-corrected chi connectivity index (χ1v) is 7.40. The fraction of sp³-hybridized carbons (Fsp3) is 0.375. The number of carbonyl (C=O) groups excluding carboxylic acids is 1. The summed E-state index contributed by atoms with van der Waals surface area (Å²) in [6.07, 6.45) is 2.21. The third-order valence-corrected chi connectivity index (χ3v) is 3.47. The van der Waals surface area contributed by atoms with Gasteiger partial charge in [0.15, 0.2) is 0 Å². The van der Waals surface area contributed by atoms with E-state index < -0.39 is 0 Å². The molecule has 2 aromatic rings. The van der Waals surface area contributed by atoms with E-state index >= 15 is 0 Å². The van der Waals surface area contributed by atoms with Crippen LogP contribution in [0.1, 0.15) is 24.5 Å². The van der Waals surface area contributed by atoms with Crippen LogP contribution >= 0.6 is 0 Å².